The molecule has 2 aromatic carbocycles. The van der Waals surface area contributed by atoms with E-state index in [9.17, 15) is 23.6 Å². The van der Waals surface area contributed by atoms with Crippen LogP contribution in [-0.2, 0) is 27.3 Å². The molecule has 0 spiro atoms. The van der Waals surface area contributed by atoms with Crippen LogP contribution in [-0.4, -0.2) is 49.5 Å². The molecule has 4 amide bonds. The van der Waals surface area contributed by atoms with Gasteiger partial charge in [0.15, 0.2) is 18.1 Å². The first-order valence-corrected chi connectivity index (χ1v) is 12.2. The summed E-state index contributed by atoms with van der Waals surface area (Å²) in [5, 5.41) is 5.08. The normalized spacial score (nSPS) is 13.6. The number of nitrogens with zero attached hydrogens (tertiary/aromatic N) is 1. The Morgan fingerprint density at radius 2 is 1.95 bits per heavy atom. The summed E-state index contributed by atoms with van der Waals surface area (Å²) in [5.41, 5.74) is 1.40. The third kappa shape index (κ3) is 6.79. The van der Waals surface area contributed by atoms with Crippen LogP contribution in [0, 0.1) is 5.82 Å². The third-order valence-electron chi connectivity index (χ3n) is 5.83. The summed E-state index contributed by atoms with van der Waals surface area (Å²) in [6, 6.07) is 10.9. The molecule has 1 aromatic heterocycles. The van der Waals surface area contributed by atoms with E-state index in [0.717, 1.165) is 4.90 Å². The standard InChI is InChI=1S/C29H26FN3O8/c1-4-6-18-11-17(13-24(38-2)26(18)40-16-25(34)31-20-8-5-7-19(30)14-20)12-22-27(35)33(29(37)32-22)15-21-9-10-23(41-21)28(36)39-3/h4-5,7-14H,1,6,15-16H2,2-3H3,(H,31,34)(H,32,37)/b22-12-. The number of rotatable bonds is 11. The highest BCUT2D eigenvalue weighted by molar-refractivity contribution is 6.13. The van der Waals surface area contributed by atoms with Crippen molar-refractivity contribution in [2.75, 3.05) is 26.1 Å². The number of halogens is 1. The van der Waals surface area contributed by atoms with E-state index >= 15 is 0 Å². The van der Waals surface area contributed by atoms with E-state index in [4.69, 9.17) is 13.9 Å². The lowest BCUT2D eigenvalue weighted by atomic mass is 10.0. The van der Waals surface area contributed by atoms with Crippen LogP contribution < -0.4 is 20.1 Å². The molecule has 1 aliphatic rings. The van der Waals surface area contributed by atoms with Gasteiger partial charge in [-0.25, -0.2) is 14.0 Å². The summed E-state index contributed by atoms with van der Waals surface area (Å²) in [6.07, 6.45) is 3.43. The Labute approximate surface area is 234 Å². The van der Waals surface area contributed by atoms with Crippen LogP contribution in [0.5, 0.6) is 11.5 Å². The Balaban J connectivity index is 1.51. The zero-order chi connectivity index (χ0) is 29.5. The molecular formula is C29H26FN3O8. The third-order valence-corrected chi connectivity index (χ3v) is 5.83. The van der Waals surface area contributed by atoms with Crippen LogP contribution in [0.3, 0.4) is 0 Å². The molecule has 0 radical (unpaired) electrons. The molecule has 0 bridgehead atoms. The zero-order valence-electron chi connectivity index (χ0n) is 22.2. The fourth-order valence-corrected chi connectivity index (χ4v) is 4.00. The predicted molar refractivity (Wildman–Crippen MR) is 145 cm³/mol. The van der Waals surface area contributed by atoms with Gasteiger partial charge in [-0.2, -0.15) is 0 Å². The number of furan rings is 1. The van der Waals surface area contributed by atoms with Crippen LogP contribution in [0.1, 0.15) is 27.4 Å². The second-order valence-corrected chi connectivity index (χ2v) is 8.69. The summed E-state index contributed by atoms with van der Waals surface area (Å²) < 4.78 is 34.6. The van der Waals surface area contributed by atoms with Gasteiger partial charge >= 0.3 is 12.0 Å². The van der Waals surface area contributed by atoms with Crippen molar-refractivity contribution in [2.45, 2.75) is 13.0 Å². The number of anilines is 1. The number of nitrogens with one attached hydrogen (secondary N) is 2. The van der Waals surface area contributed by atoms with Crippen molar-refractivity contribution in [3.05, 3.63) is 95.3 Å². The van der Waals surface area contributed by atoms with Crippen LogP contribution >= 0.6 is 0 Å². The SMILES string of the molecule is C=CCc1cc(/C=C2\NC(=O)N(Cc3ccc(C(=O)OC)o3)C2=O)cc(OC)c1OCC(=O)Nc1cccc(F)c1. The van der Waals surface area contributed by atoms with Crippen molar-refractivity contribution in [2.24, 2.45) is 0 Å². The number of urea groups is 1. The highest BCUT2D eigenvalue weighted by Gasteiger charge is 2.34. The number of benzene rings is 2. The van der Waals surface area contributed by atoms with Crippen molar-refractivity contribution < 1.29 is 42.2 Å². The quantitative estimate of drug-likeness (QED) is 0.154. The van der Waals surface area contributed by atoms with Crippen molar-refractivity contribution in [3.8, 4) is 11.5 Å². The highest BCUT2D eigenvalue weighted by atomic mass is 19.1. The molecule has 0 aliphatic carbocycles. The van der Waals surface area contributed by atoms with Gasteiger partial charge in [0.1, 0.15) is 17.3 Å². The maximum atomic E-state index is 13.4. The van der Waals surface area contributed by atoms with Gasteiger partial charge in [0.2, 0.25) is 5.76 Å². The Hall–Kier alpha value is -5.39. The Kier molecular flexibility index (Phi) is 8.82. The van der Waals surface area contributed by atoms with Crippen molar-refractivity contribution >= 4 is 35.6 Å². The van der Waals surface area contributed by atoms with E-state index in [2.05, 4.69) is 21.9 Å². The van der Waals surface area contributed by atoms with E-state index < -0.39 is 29.6 Å². The molecule has 4 rings (SSSR count). The highest BCUT2D eigenvalue weighted by Crippen LogP contribution is 2.34. The summed E-state index contributed by atoms with van der Waals surface area (Å²) in [7, 11) is 2.62. The summed E-state index contributed by atoms with van der Waals surface area (Å²) in [4.78, 5) is 50.5. The van der Waals surface area contributed by atoms with Gasteiger partial charge in [-0.15, -0.1) is 6.58 Å². The maximum Gasteiger partial charge on any atom is 0.373 e. The molecular weight excluding hydrogens is 537 g/mol. The minimum absolute atomic E-state index is 0.00416. The fourth-order valence-electron chi connectivity index (χ4n) is 4.00. The van der Waals surface area contributed by atoms with E-state index in [1.807, 2.05) is 0 Å². The molecule has 11 nitrogen and oxygen atoms in total. The smallest absolute Gasteiger partial charge is 0.373 e. The Bertz CT molecular complexity index is 1540. The lowest BCUT2D eigenvalue weighted by Gasteiger charge is -2.16. The van der Waals surface area contributed by atoms with Crippen molar-refractivity contribution in [1.29, 1.82) is 0 Å². The van der Waals surface area contributed by atoms with Crippen LogP contribution in [0.2, 0.25) is 0 Å². The van der Waals surface area contributed by atoms with Crippen LogP contribution in [0.4, 0.5) is 14.9 Å². The number of methoxy groups -OCH3 is 2. The minimum atomic E-state index is -0.682. The number of imide groups is 1. The molecule has 212 valence electrons. The van der Waals surface area contributed by atoms with Gasteiger partial charge in [0.05, 0.1) is 20.8 Å². The van der Waals surface area contributed by atoms with Gasteiger partial charge in [-0.05, 0) is 60.5 Å². The van der Waals surface area contributed by atoms with Gasteiger partial charge in [0, 0.05) is 11.3 Å². The summed E-state index contributed by atoms with van der Waals surface area (Å²) >= 11 is 0. The second-order valence-electron chi connectivity index (χ2n) is 8.69. The van der Waals surface area contributed by atoms with E-state index in [1.165, 1.54) is 50.6 Å². The van der Waals surface area contributed by atoms with Crippen LogP contribution in [0.25, 0.3) is 6.08 Å². The molecule has 0 atom stereocenters. The number of hydrogen-bond donors (Lipinski definition) is 2. The first-order chi connectivity index (χ1) is 19.7. The van der Waals surface area contributed by atoms with Crippen molar-refractivity contribution in [3.63, 3.8) is 0 Å². The number of carbonyl (C=O) groups is 4. The summed E-state index contributed by atoms with van der Waals surface area (Å²) in [5.74, 6) is -1.57. The number of amides is 4. The molecule has 2 N–H and O–H groups in total. The molecule has 0 unspecified atom stereocenters. The number of allylic oxidation sites excluding steroid dienone is 1. The van der Waals surface area contributed by atoms with Gasteiger partial charge in [-0.1, -0.05) is 12.1 Å². The average molecular weight is 564 g/mol. The van der Waals surface area contributed by atoms with E-state index in [1.54, 1.807) is 24.3 Å². The number of carbonyl (C=O) groups excluding carboxylic acids is 4. The topological polar surface area (TPSA) is 136 Å². The van der Waals surface area contributed by atoms with Gasteiger partial charge in [0.25, 0.3) is 11.8 Å². The van der Waals surface area contributed by atoms with E-state index in [0.29, 0.717) is 17.5 Å². The van der Waals surface area contributed by atoms with Gasteiger partial charge in [-0.3, -0.25) is 14.5 Å². The van der Waals surface area contributed by atoms with Crippen molar-refractivity contribution in [1.82, 2.24) is 10.2 Å². The monoisotopic (exact) mass is 563 g/mol. The Morgan fingerprint density at radius 3 is 2.66 bits per heavy atom. The molecule has 1 fully saturated rings. The molecule has 41 heavy (non-hydrogen) atoms. The first-order valence-electron chi connectivity index (χ1n) is 12.2. The molecule has 12 heteroatoms. The summed E-state index contributed by atoms with van der Waals surface area (Å²) in [6.45, 7) is 3.17. The second kappa shape index (κ2) is 12.6. The fraction of sp³-hybridized carbons (Fsp3) is 0.172. The molecule has 1 saturated heterocycles. The average Bonchev–Trinajstić information content (AvgIpc) is 3.52. The largest absolute Gasteiger partial charge is 0.493 e. The molecule has 0 saturated carbocycles. The first kappa shape index (κ1) is 28.6. The van der Waals surface area contributed by atoms with Crippen LogP contribution in [0.15, 0.2) is 71.3 Å². The molecule has 2 heterocycles. The lowest BCUT2D eigenvalue weighted by molar-refractivity contribution is -0.123. The predicted octanol–water partition coefficient (Wildman–Crippen LogP) is 4.05. The van der Waals surface area contributed by atoms with E-state index in [-0.39, 0.29) is 47.6 Å². The lowest BCUT2D eigenvalue weighted by Crippen LogP contribution is -2.30. The molecule has 3 aromatic rings. The number of hydrogen-bond acceptors (Lipinski definition) is 8. The Morgan fingerprint density at radius 1 is 1.15 bits per heavy atom. The molecule has 1 aliphatic heterocycles. The number of ether oxygens (including phenoxy) is 3. The minimum Gasteiger partial charge on any atom is -0.493 e. The number of esters is 1. The maximum absolute atomic E-state index is 13.4. The van der Waals surface area contributed by atoms with Gasteiger partial charge < -0.3 is 29.3 Å². The zero-order valence-corrected chi connectivity index (χ0v) is 22.2.